The van der Waals surface area contributed by atoms with Crippen molar-refractivity contribution in [1.29, 1.82) is 0 Å². The second-order valence-corrected chi connectivity index (χ2v) is 10.8. The van der Waals surface area contributed by atoms with Crippen LogP contribution in [-0.2, 0) is 15.7 Å². The van der Waals surface area contributed by atoms with Crippen LogP contribution in [0.1, 0.15) is 56.5 Å². The Kier molecular flexibility index (Phi) is 5.51. The second-order valence-electron chi connectivity index (χ2n) is 9.54. The van der Waals surface area contributed by atoms with Crippen LogP contribution in [0.15, 0.2) is 18.2 Å². The molecule has 0 N–H and O–H groups in total. The Morgan fingerprint density at radius 2 is 2.03 bits per heavy atom. The van der Waals surface area contributed by atoms with Crippen molar-refractivity contribution in [3.05, 3.63) is 29.3 Å². The molecule has 1 saturated heterocycles. The maximum Gasteiger partial charge on any atom is 0.477 e. The van der Waals surface area contributed by atoms with Gasteiger partial charge in [0.15, 0.2) is 5.78 Å². The quantitative estimate of drug-likeness (QED) is 0.359. The molecule has 4 fully saturated rings. The molecular weight excluding hydrogens is 410 g/mol. The lowest BCUT2D eigenvalue weighted by Gasteiger charge is -2.64. The number of ketones is 1. The number of halogens is 2. The largest absolute Gasteiger partial charge is 0.496 e. The normalized spacial score (nSPS) is 34.2. The minimum atomic E-state index is -0.620. The summed E-state index contributed by atoms with van der Waals surface area (Å²) in [6.07, 6.45) is 2.81. The predicted molar refractivity (Wildman–Crippen MR) is 116 cm³/mol. The van der Waals surface area contributed by atoms with Gasteiger partial charge < -0.3 is 14.0 Å². The van der Waals surface area contributed by atoms with Gasteiger partial charge in [0.2, 0.25) is 0 Å². The molecule has 0 radical (unpaired) electrons. The van der Waals surface area contributed by atoms with Crippen molar-refractivity contribution < 1.29 is 18.8 Å². The number of hydrogen-bond donors (Lipinski definition) is 0. The number of carbonyl (C=O) groups is 1. The Morgan fingerprint density at radius 1 is 1.31 bits per heavy atom. The van der Waals surface area contributed by atoms with Crippen molar-refractivity contribution in [2.75, 3.05) is 7.11 Å². The van der Waals surface area contributed by atoms with Crippen molar-refractivity contribution in [2.24, 2.45) is 17.3 Å². The smallest absolute Gasteiger partial charge is 0.477 e. The highest BCUT2D eigenvalue weighted by Crippen LogP contribution is 2.65. The van der Waals surface area contributed by atoms with Crippen LogP contribution >= 0.6 is 23.2 Å². The summed E-state index contributed by atoms with van der Waals surface area (Å²) in [7, 11) is 1.09. The highest BCUT2D eigenvalue weighted by molar-refractivity contribution is 6.60. The first-order valence-corrected chi connectivity index (χ1v) is 11.3. The molecule has 6 atom stereocenters. The topological polar surface area (TPSA) is 44.8 Å². The fourth-order valence-corrected chi connectivity index (χ4v) is 6.15. The van der Waals surface area contributed by atoms with Crippen molar-refractivity contribution in [3.63, 3.8) is 0 Å². The van der Waals surface area contributed by atoms with Crippen LogP contribution in [0.3, 0.4) is 0 Å². The third kappa shape index (κ3) is 3.33. The molecule has 2 bridgehead atoms. The van der Waals surface area contributed by atoms with Gasteiger partial charge in [-0.1, -0.05) is 26.0 Å². The van der Waals surface area contributed by atoms with Crippen molar-refractivity contribution in [3.8, 4) is 5.75 Å². The fourth-order valence-electron chi connectivity index (χ4n) is 5.75. The Morgan fingerprint density at radius 3 is 2.66 bits per heavy atom. The van der Waals surface area contributed by atoms with Crippen LogP contribution < -0.4 is 4.74 Å². The first kappa shape index (κ1) is 21.5. The summed E-state index contributed by atoms with van der Waals surface area (Å²) >= 11 is 12.8. The third-order valence-electron chi connectivity index (χ3n) is 7.61. The van der Waals surface area contributed by atoms with E-state index in [1.54, 1.807) is 20.1 Å². The number of alkyl halides is 2. The molecule has 3 aliphatic carbocycles. The van der Waals surface area contributed by atoms with Crippen molar-refractivity contribution in [1.82, 2.24) is 0 Å². The number of Topliss-reactive ketones (excluding diaryl/α,β-unsaturated/α-hetero) is 1. The molecule has 4 aliphatic rings. The minimum absolute atomic E-state index is 0.0948. The maximum absolute atomic E-state index is 12.4. The van der Waals surface area contributed by atoms with Gasteiger partial charge in [-0.05, 0) is 62.0 Å². The SMILES string of the molecule is COc1c(C[C@@H](Cl)B2O[C@@H]3C[C@@H]4C[C@@H](C4(C)C)[C@]3(C)O2)cccc1C(=O)C(C)Cl. The van der Waals surface area contributed by atoms with Gasteiger partial charge in [-0.3, -0.25) is 4.79 Å². The van der Waals surface area contributed by atoms with Gasteiger partial charge in [-0.2, -0.15) is 0 Å². The number of carbonyl (C=O) groups excluding carboxylic acids is 1. The van der Waals surface area contributed by atoms with E-state index in [-0.39, 0.29) is 22.8 Å². The molecule has 158 valence electrons. The van der Waals surface area contributed by atoms with E-state index in [1.165, 1.54) is 6.42 Å². The van der Waals surface area contributed by atoms with E-state index < -0.39 is 12.5 Å². The number of methoxy groups -OCH3 is 1. The summed E-state index contributed by atoms with van der Waals surface area (Å²) in [4.78, 5) is 12.4. The number of para-hydroxylation sites is 1. The lowest BCUT2D eigenvalue weighted by Crippen LogP contribution is -2.65. The van der Waals surface area contributed by atoms with Gasteiger partial charge in [0.25, 0.3) is 0 Å². The van der Waals surface area contributed by atoms with Gasteiger partial charge in [-0.15, -0.1) is 23.2 Å². The van der Waals surface area contributed by atoms with Crippen molar-refractivity contribution >= 4 is 36.1 Å². The molecule has 29 heavy (non-hydrogen) atoms. The van der Waals surface area contributed by atoms with E-state index in [0.717, 1.165) is 12.0 Å². The Hall–Kier alpha value is -0.745. The highest BCUT2D eigenvalue weighted by atomic mass is 35.5. The monoisotopic (exact) mass is 438 g/mol. The van der Waals surface area contributed by atoms with Gasteiger partial charge in [0, 0.05) is 0 Å². The summed E-state index contributed by atoms with van der Waals surface area (Å²) in [5.74, 6) is 1.56. The van der Waals surface area contributed by atoms with E-state index in [0.29, 0.717) is 35.0 Å². The van der Waals surface area contributed by atoms with Crippen LogP contribution in [0, 0.1) is 17.3 Å². The number of ether oxygens (including phenoxy) is 1. The van der Waals surface area contributed by atoms with E-state index in [4.69, 9.17) is 37.2 Å². The second kappa shape index (κ2) is 7.44. The molecule has 3 saturated carbocycles. The summed E-state index contributed by atoms with van der Waals surface area (Å²) < 4.78 is 18.3. The predicted octanol–water partition coefficient (Wildman–Crippen LogP) is 4.92. The lowest BCUT2D eigenvalue weighted by atomic mass is 9.43. The van der Waals surface area contributed by atoms with Gasteiger partial charge in [0.05, 0.1) is 35.0 Å². The van der Waals surface area contributed by atoms with Gasteiger partial charge in [0.1, 0.15) is 5.75 Å². The molecule has 7 heteroatoms. The van der Waals surface area contributed by atoms with Crippen LogP contribution in [0.2, 0.25) is 0 Å². The molecule has 0 spiro atoms. The Balaban J connectivity index is 1.52. The first-order chi connectivity index (χ1) is 13.6. The van der Waals surface area contributed by atoms with Crippen LogP contribution in [0.5, 0.6) is 5.75 Å². The first-order valence-electron chi connectivity index (χ1n) is 10.4. The third-order valence-corrected chi connectivity index (χ3v) is 8.16. The average molecular weight is 439 g/mol. The molecule has 1 aliphatic heterocycles. The highest BCUT2D eigenvalue weighted by Gasteiger charge is 2.68. The minimum Gasteiger partial charge on any atom is -0.496 e. The standard InChI is InChI=1S/C22H29BCl2O4/c1-12(24)19(26)15-8-6-7-13(20(15)27-5)9-18(25)23-28-17-11-14-10-16(21(14,2)3)22(17,4)29-23/h6-8,12,14,16-18H,9-11H2,1-5H3/t12?,14-,16-,17+,18+,22-/m0/s1. The molecule has 4 nitrogen and oxygen atoms in total. The molecule has 5 rings (SSSR count). The zero-order valence-electron chi connectivity index (χ0n) is 17.7. The molecule has 1 heterocycles. The van der Waals surface area contributed by atoms with Crippen molar-refractivity contribution in [2.45, 2.75) is 69.3 Å². The Labute approximate surface area is 183 Å². The van der Waals surface area contributed by atoms with Gasteiger partial charge >= 0.3 is 7.12 Å². The van der Waals surface area contributed by atoms with E-state index in [9.17, 15) is 4.79 Å². The lowest BCUT2D eigenvalue weighted by molar-refractivity contribution is -0.199. The zero-order chi connectivity index (χ0) is 21.1. The molecule has 1 unspecified atom stereocenters. The van der Waals surface area contributed by atoms with E-state index in [1.807, 2.05) is 12.1 Å². The van der Waals surface area contributed by atoms with Crippen LogP contribution in [-0.4, -0.2) is 42.4 Å². The number of benzene rings is 1. The molecular formula is C22H29BCl2O4. The molecule has 1 aromatic carbocycles. The average Bonchev–Trinajstić information content (AvgIpc) is 3.04. The summed E-state index contributed by atoms with van der Waals surface area (Å²) in [6.45, 7) is 8.53. The summed E-state index contributed by atoms with van der Waals surface area (Å²) in [5.41, 5.74) is 1.34. The molecule has 0 aromatic heterocycles. The van der Waals surface area contributed by atoms with E-state index >= 15 is 0 Å². The Bertz CT molecular complexity index is 814. The molecule has 0 amide bonds. The fraction of sp³-hybridized carbons (Fsp3) is 0.682. The molecule has 1 aromatic rings. The van der Waals surface area contributed by atoms with Crippen LogP contribution in [0.25, 0.3) is 0 Å². The number of rotatable bonds is 6. The van der Waals surface area contributed by atoms with Crippen LogP contribution in [0.4, 0.5) is 0 Å². The summed E-state index contributed by atoms with van der Waals surface area (Å²) in [6, 6.07) is 5.50. The zero-order valence-corrected chi connectivity index (χ0v) is 19.2. The maximum atomic E-state index is 12.4. The number of hydrogen-bond acceptors (Lipinski definition) is 4. The van der Waals surface area contributed by atoms with E-state index in [2.05, 4.69) is 20.8 Å². The van der Waals surface area contributed by atoms with Gasteiger partial charge in [-0.25, -0.2) is 0 Å². The summed E-state index contributed by atoms with van der Waals surface area (Å²) in [5, 5.41) is -1.00.